The summed E-state index contributed by atoms with van der Waals surface area (Å²) in [5, 5.41) is 3.32. The number of methoxy groups -OCH3 is 1. The Morgan fingerprint density at radius 2 is 2.20 bits per heavy atom. The molecule has 2 nitrogen and oxygen atoms in total. The first-order chi connectivity index (χ1) is 4.43. The Bertz CT molecular complexity index is 72.0. The van der Waals surface area contributed by atoms with Crippen molar-refractivity contribution in [3.63, 3.8) is 0 Å². The average Bonchev–Trinajstić information content (AvgIpc) is 2.13. The molecule has 0 saturated carbocycles. The van der Waals surface area contributed by atoms with Gasteiger partial charge in [-0.25, -0.2) is 0 Å². The molecule has 0 spiro atoms. The summed E-state index contributed by atoms with van der Waals surface area (Å²) < 4.78 is 5.21. The third-order valence-electron chi connectivity index (χ3n) is 1.83. The van der Waals surface area contributed by atoms with Crippen LogP contribution in [-0.4, -0.2) is 26.3 Å². The molecule has 0 aromatic carbocycles. The lowest BCUT2D eigenvalue weighted by Crippen LogP contribution is -2.25. The Labute approximate surface area is 68.7 Å². The number of ether oxygens (including phenoxy) is 1. The maximum Gasteiger partial charge on any atom is 0.0695 e. The third-order valence-corrected chi connectivity index (χ3v) is 1.83. The molecule has 1 atom stereocenters. The van der Waals surface area contributed by atoms with Gasteiger partial charge >= 0.3 is 0 Å². The highest BCUT2D eigenvalue weighted by Gasteiger charge is 2.08. The van der Waals surface area contributed by atoms with Crippen LogP contribution in [0.1, 0.15) is 19.3 Å². The van der Waals surface area contributed by atoms with Crippen molar-refractivity contribution >= 4 is 12.4 Å². The first-order valence-electron chi connectivity index (χ1n) is 3.67. The van der Waals surface area contributed by atoms with Gasteiger partial charge in [-0.15, -0.1) is 12.4 Å². The standard InChI is InChI=1S/C7H15NO.ClH/c1-9-7-4-2-3-5-8-6-7;/h7-8H,2-6H2,1H3;1H/t7-;/m0./s1. The average molecular weight is 166 g/mol. The fourth-order valence-corrected chi connectivity index (χ4v) is 1.19. The molecular formula is C7H16ClNO. The van der Waals surface area contributed by atoms with Gasteiger partial charge in [0.05, 0.1) is 6.10 Å². The molecule has 0 aromatic heterocycles. The SMILES string of the molecule is CO[C@H]1CCCCNC1.Cl. The minimum absolute atomic E-state index is 0. The van der Waals surface area contributed by atoms with Crippen LogP contribution in [0.25, 0.3) is 0 Å². The summed E-state index contributed by atoms with van der Waals surface area (Å²) in [6.07, 6.45) is 4.31. The van der Waals surface area contributed by atoms with Crippen LogP contribution < -0.4 is 5.32 Å². The van der Waals surface area contributed by atoms with Gasteiger partial charge in [0.15, 0.2) is 0 Å². The molecule has 1 heterocycles. The van der Waals surface area contributed by atoms with E-state index in [2.05, 4.69) is 5.32 Å². The molecule has 62 valence electrons. The minimum atomic E-state index is 0. The molecule has 1 fully saturated rings. The number of hydrogen-bond acceptors (Lipinski definition) is 2. The highest BCUT2D eigenvalue weighted by molar-refractivity contribution is 5.85. The summed E-state index contributed by atoms with van der Waals surface area (Å²) >= 11 is 0. The topological polar surface area (TPSA) is 21.3 Å². The number of nitrogens with one attached hydrogen (secondary N) is 1. The lowest BCUT2D eigenvalue weighted by Gasteiger charge is -2.10. The summed E-state index contributed by atoms with van der Waals surface area (Å²) in [4.78, 5) is 0. The van der Waals surface area contributed by atoms with E-state index < -0.39 is 0 Å². The fourth-order valence-electron chi connectivity index (χ4n) is 1.19. The molecule has 1 N–H and O–H groups in total. The van der Waals surface area contributed by atoms with Gasteiger partial charge in [-0.1, -0.05) is 0 Å². The normalized spacial score (nSPS) is 26.7. The van der Waals surface area contributed by atoms with E-state index in [9.17, 15) is 0 Å². The third kappa shape index (κ3) is 3.40. The first-order valence-corrected chi connectivity index (χ1v) is 3.67. The second-order valence-electron chi connectivity index (χ2n) is 2.56. The summed E-state index contributed by atoms with van der Waals surface area (Å²) in [5.41, 5.74) is 0. The number of rotatable bonds is 1. The van der Waals surface area contributed by atoms with Crippen molar-refractivity contribution in [3.05, 3.63) is 0 Å². The van der Waals surface area contributed by atoms with E-state index in [0.29, 0.717) is 6.10 Å². The van der Waals surface area contributed by atoms with Crippen LogP contribution in [-0.2, 0) is 4.74 Å². The van der Waals surface area contributed by atoms with E-state index in [1.165, 1.54) is 25.8 Å². The Hall–Kier alpha value is 0.210. The molecule has 1 aliphatic rings. The van der Waals surface area contributed by atoms with Crippen LogP contribution in [0.4, 0.5) is 0 Å². The predicted molar refractivity (Wildman–Crippen MR) is 44.8 cm³/mol. The zero-order valence-electron chi connectivity index (χ0n) is 6.43. The molecular weight excluding hydrogens is 150 g/mol. The lowest BCUT2D eigenvalue weighted by atomic mass is 10.2. The monoisotopic (exact) mass is 165 g/mol. The van der Waals surface area contributed by atoms with Crippen molar-refractivity contribution < 1.29 is 4.74 Å². The van der Waals surface area contributed by atoms with Crippen LogP contribution in [0, 0.1) is 0 Å². The van der Waals surface area contributed by atoms with Crippen LogP contribution in [0.5, 0.6) is 0 Å². The zero-order chi connectivity index (χ0) is 6.53. The lowest BCUT2D eigenvalue weighted by molar-refractivity contribution is 0.0989. The van der Waals surface area contributed by atoms with Gasteiger partial charge in [0.2, 0.25) is 0 Å². The Morgan fingerprint density at radius 1 is 1.40 bits per heavy atom. The van der Waals surface area contributed by atoms with Crippen molar-refractivity contribution in [1.29, 1.82) is 0 Å². The Balaban J connectivity index is 0.000000810. The second kappa shape index (κ2) is 5.96. The first kappa shape index (κ1) is 10.2. The maximum atomic E-state index is 5.21. The fraction of sp³-hybridized carbons (Fsp3) is 1.00. The van der Waals surface area contributed by atoms with Gasteiger partial charge in [0.25, 0.3) is 0 Å². The molecule has 1 saturated heterocycles. The predicted octanol–water partition coefficient (Wildman–Crippen LogP) is 1.20. The van der Waals surface area contributed by atoms with Crippen molar-refractivity contribution in [1.82, 2.24) is 5.32 Å². The van der Waals surface area contributed by atoms with E-state index in [1.807, 2.05) is 0 Å². The quantitative estimate of drug-likeness (QED) is 0.631. The van der Waals surface area contributed by atoms with E-state index in [-0.39, 0.29) is 12.4 Å². The largest absolute Gasteiger partial charge is 0.380 e. The summed E-state index contributed by atoms with van der Waals surface area (Å²) in [5.74, 6) is 0. The van der Waals surface area contributed by atoms with Crippen molar-refractivity contribution in [3.8, 4) is 0 Å². The van der Waals surface area contributed by atoms with E-state index in [0.717, 1.165) is 6.54 Å². The smallest absolute Gasteiger partial charge is 0.0695 e. The molecule has 0 bridgehead atoms. The van der Waals surface area contributed by atoms with Crippen LogP contribution in [0.2, 0.25) is 0 Å². The van der Waals surface area contributed by atoms with Gasteiger partial charge < -0.3 is 10.1 Å². The highest BCUT2D eigenvalue weighted by Crippen LogP contribution is 2.05. The van der Waals surface area contributed by atoms with Crippen LogP contribution in [0.3, 0.4) is 0 Å². The summed E-state index contributed by atoms with van der Waals surface area (Å²) in [6, 6.07) is 0. The zero-order valence-corrected chi connectivity index (χ0v) is 7.25. The van der Waals surface area contributed by atoms with Crippen molar-refractivity contribution in [2.75, 3.05) is 20.2 Å². The molecule has 0 aliphatic carbocycles. The van der Waals surface area contributed by atoms with Gasteiger partial charge in [-0.2, -0.15) is 0 Å². The maximum absolute atomic E-state index is 5.21. The number of hydrogen-bond donors (Lipinski definition) is 1. The molecule has 0 amide bonds. The molecule has 1 aliphatic heterocycles. The highest BCUT2D eigenvalue weighted by atomic mass is 35.5. The molecule has 0 unspecified atom stereocenters. The van der Waals surface area contributed by atoms with E-state index in [1.54, 1.807) is 7.11 Å². The van der Waals surface area contributed by atoms with Crippen molar-refractivity contribution in [2.45, 2.75) is 25.4 Å². The van der Waals surface area contributed by atoms with Gasteiger partial charge in [-0.3, -0.25) is 0 Å². The van der Waals surface area contributed by atoms with Gasteiger partial charge in [-0.05, 0) is 25.8 Å². The van der Waals surface area contributed by atoms with E-state index in [4.69, 9.17) is 4.74 Å². The molecule has 0 radical (unpaired) electrons. The van der Waals surface area contributed by atoms with Crippen molar-refractivity contribution in [2.24, 2.45) is 0 Å². The van der Waals surface area contributed by atoms with Crippen LogP contribution in [0.15, 0.2) is 0 Å². The van der Waals surface area contributed by atoms with E-state index >= 15 is 0 Å². The summed E-state index contributed by atoms with van der Waals surface area (Å²) in [7, 11) is 1.79. The second-order valence-corrected chi connectivity index (χ2v) is 2.56. The summed E-state index contributed by atoms with van der Waals surface area (Å²) in [6.45, 7) is 2.20. The molecule has 10 heavy (non-hydrogen) atoms. The molecule has 0 aromatic rings. The molecule has 3 heteroatoms. The van der Waals surface area contributed by atoms with Crippen LogP contribution >= 0.6 is 12.4 Å². The van der Waals surface area contributed by atoms with Gasteiger partial charge in [0, 0.05) is 13.7 Å². The van der Waals surface area contributed by atoms with Gasteiger partial charge in [0.1, 0.15) is 0 Å². The minimum Gasteiger partial charge on any atom is -0.380 e. The Morgan fingerprint density at radius 3 is 2.90 bits per heavy atom. The number of halogens is 1. The Kier molecular flexibility index (Phi) is 6.08. The molecule has 1 rings (SSSR count).